The number of fused-ring (bicyclic) bond motifs is 2. The Kier molecular flexibility index (Phi) is 1.87. The lowest BCUT2D eigenvalue weighted by molar-refractivity contribution is 0.120. The maximum atomic E-state index is 5.76. The molecule has 0 saturated carbocycles. The van der Waals surface area contributed by atoms with Crippen molar-refractivity contribution in [2.45, 2.75) is 6.42 Å². The molecule has 0 atom stereocenters. The van der Waals surface area contributed by atoms with E-state index in [0.29, 0.717) is 5.41 Å². The molecule has 2 aliphatic rings. The second-order valence-corrected chi connectivity index (χ2v) is 4.04. The number of nitrogens with one attached hydrogen (secondary N) is 2. The van der Waals surface area contributed by atoms with Gasteiger partial charge in [0.25, 0.3) is 0 Å². The highest BCUT2D eigenvalue weighted by Gasteiger charge is 2.37. The van der Waals surface area contributed by atoms with Gasteiger partial charge >= 0.3 is 0 Å². The van der Waals surface area contributed by atoms with Gasteiger partial charge in [-0.2, -0.15) is 0 Å². The number of nitrogens with two attached hydrogens (primary N) is 1. The Hall–Kier alpha value is -0.120. The van der Waals surface area contributed by atoms with Gasteiger partial charge in [-0.3, -0.25) is 0 Å². The molecule has 4 N–H and O–H groups in total. The minimum absolute atomic E-state index is 0.376. The van der Waals surface area contributed by atoms with Gasteiger partial charge in [0, 0.05) is 25.0 Å². The SMILES string of the molecule is NCC12CNCC(CNC1)C2. The van der Waals surface area contributed by atoms with Crippen molar-refractivity contribution in [3.63, 3.8) is 0 Å². The minimum Gasteiger partial charge on any atom is -0.330 e. The van der Waals surface area contributed by atoms with Gasteiger partial charge < -0.3 is 16.4 Å². The highest BCUT2D eigenvalue weighted by atomic mass is 15.0. The first-order chi connectivity index (χ1) is 5.35. The minimum atomic E-state index is 0.376. The molecule has 2 fully saturated rings. The maximum absolute atomic E-state index is 5.76. The van der Waals surface area contributed by atoms with Gasteiger partial charge in [-0.1, -0.05) is 0 Å². The average molecular weight is 155 g/mol. The van der Waals surface area contributed by atoms with Gasteiger partial charge in [0.05, 0.1) is 0 Å². The van der Waals surface area contributed by atoms with Crippen LogP contribution in [0.15, 0.2) is 0 Å². The molecule has 11 heavy (non-hydrogen) atoms. The Balaban J connectivity index is 2.07. The first-order valence-corrected chi connectivity index (χ1v) is 4.46. The predicted octanol–water partition coefficient (Wildman–Crippen LogP) is -0.856. The van der Waals surface area contributed by atoms with Gasteiger partial charge in [0.15, 0.2) is 0 Å². The van der Waals surface area contributed by atoms with Crippen LogP contribution in [0.25, 0.3) is 0 Å². The normalized spacial score (nSPS) is 43.9. The van der Waals surface area contributed by atoms with Crippen molar-refractivity contribution in [1.29, 1.82) is 0 Å². The topological polar surface area (TPSA) is 50.1 Å². The van der Waals surface area contributed by atoms with E-state index < -0.39 is 0 Å². The van der Waals surface area contributed by atoms with Crippen molar-refractivity contribution in [2.75, 3.05) is 32.7 Å². The van der Waals surface area contributed by atoms with E-state index in [2.05, 4.69) is 10.6 Å². The molecule has 2 rings (SSSR count). The lowest BCUT2D eigenvalue weighted by Gasteiger charge is -2.45. The highest BCUT2D eigenvalue weighted by molar-refractivity contribution is 4.95. The van der Waals surface area contributed by atoms with E-state index in [9.17, 15) is 0 Å². The van der Waals surface area contributed by atoms with E-state index in [1.807, 2.05) is 0 Å². The first-order valence-electron chi connectivity index (χ1n) is 4.46. The van der Waals surface area contributed by atoms with Gasteiger partial charge in [-0.25, -0.2) is 0 Å². The third kappa shape index (κ3) is 1.28. The van der Waals surface area contributed by atoms with Crippen molar-refractivity contribution in [1.82, 2.24) is 10.6 Å². The summed E-state index contributed by atoms with van der Waals surface area (Å²) in [5.41, 5.74) is 6.14. The Morgan fingerprint density at radius 2 is 1.91 bits per heavy atom. The lowest BCUT2D eigenvalue weighted by atomic mass is 9.73. The average Bonchev–Trinajstić information content (AvgIpc) is 2.05. The van der Waals surface area contributed by atoms with Crippen LogP contribution in [0.3, 0.4) is 0 Å². The fourth-order valence-corrected chi connectivity index (χ4v) is 2.35. The van der Waals surface area contributed by atoms with Crippen molar-refractivity contribution in [3.8, 4) is 0 Å². The molecule has 2 aliphatic heterocycles. The molecule has 0 aromatic rings. The van der Waals surface area contributed by atoms with Crippen LogP contribution in [-0.4, -0.2) is 32.7 Å². The summed E-state index contributed by atoms with van der Waals surface area (Å²) in [6.45, 7) is 5.38. The van der Waals surface area contributed by atoms with Gasteiger partial charge in [0.1, 0.15) is 0 Å². The zero-order chi connectivity index (χ0) is 7.73. The molecule has 0 radical (unpaired) electrons. The van der Waals surface area contributed by atoms with E-state index >= 15 is 0 Å². The molecular weight excluding hydrogens is 138 g/mol. The standard InChI is InChI=1S/C8H17N3/c9-4-8-1-7(2-10-5-8)3-11-6-8/h7,10-11H,1-6,9H2. The molecule has 0 aromatic heterocycles. The van der Waals surface area contributed by atoms with Crippen LogP contribution in [0.5, 0.6) is 0 Å². The molecule has 0 aliphatic carbocycles. The second kappa shape index (κ2) is 2.73. The van der Waals surface area contributed by atoms with E-state index in [1.165, 1.54) is 19.5 Å². The number of hydrogen-bond acceptors (Lipinski definition) is 3. The molecule has 64 valence electrons. The zero-order valence-corrected chi connectivity index (χ0v) is 6.90. The molecule has 3 nitrogen and oxygen atoms in total. The summed E-state index contributed by atoms with van der Waals surface area (Å²) >= 11 is 0. The number of hydrogen-bond donors (Lipinski definition) is 3. The number of piperidine rings is 2. The third-order valence-corrected chi connectivity index (χ3v) is 3.02. The van der Waals surface area contributed by atoms with Crippen LogP contribution in [0, 0.1) is 11.3 Å². The van der Waals surface area contributed by atoms with Crippen LogP contribution < -0.4 is 16.4 Å². The first kappa shape index (κ1) is 7.53. The van der Waals surface area contributed by atoms with E-state index in [4.69, 9.17) is 5.73 Å². The van der Waals surface area contributed by atoms with Gasteiger partial charge in [0.2, 0.25) is 0 Å². The summed E-state index contributed by atoms with van der Waals surface area (Å²) in [5.74, 6) is 0.820. The van der Waals surface area contributed by atoms with E-state index in [1.54, 1.807) is 0 Å². The van der Waals surface area contributed by atoms with Crippen LogP contribution in [-0.2, 0) is 0 Å². The summed E-state index contributed by atoms with van der Waals surface area (Å²) in [4.78, 5) is 0. The summed E-state index contributed by atoms with van der Waals surface area (Å²) in [6.07, 6.45) is 1.32. The summed E-state index contributed by atoms with van der Waals surface area (Å²) < 4.78 is 0. The fraction of sp³-hybridized carbons (Fsp3) is 1.00. The molecule has 0 aromatic carbocycles. The highest BCUT2D eigenvalue weighted by Crippen LogP contribution is 2.30. The molecule has 2 saturated heterocycles. The monoisotopic (exact) mass is 155 g/mol. The molecule has 3 heteroatoms. The van der Waals surface area contributed by atoms with Crippen molar-refractivity contribution in [3.05, 3.63) is 0 Å². The van der Waals surface area contributed by atoms with Crippen molar-refractivity contribution >= 4 is 0 Å². The fourth-order valence-electron chi connectivity index (χ4n) is 2.35. The summed E-state index contributed by atoms with van der Waals surface area (Å²) in [6, 6.07) is 0. The molecule has 0 unspecified atom stereocenters. The van der Waals surface area contributed by atoms with Crippen LogP contribution in [0.4, 0.5) is 0 Å². The molecule has 2 heterocycles. The Morgan fingerprint density at radius 3 is 2.36 bits per heavy atom. The molecule has 0 spiro atoms. The van der Waals surface area contributed by atoms with Crippen LogP contribution in [0.2, 0.25) is 0 Å². The second-order valence-electron chi connectivity index (χ2n) is 4.04. The van der Waals surface area contributed by atoms with E-state index in [0.717, 1.165) is 25.6 Å². The van der Waals surface area contributed by atoms with Crippen molar-refractivity contribution in [2.24, 2.45) is 17.1 Å². The summed E-state index contributed by atoms with van der Waals surface area (Å²) in [7, 11) is 0. The largest absolute Gasteiger partial charge is 0.330 e. The van der Waals surface area contributed by atoms with Crippen LogP contribution >= 0.6 is 0 Å². The van der Waals surface area contributed by atoms with Crippen molar-refractivity contribution < 1.29 is 0 Å². The smallest absolute Gasteiger partial charge is 0.00785 e. The van der Waals surface area contributed by atoms with Gasteiger partial charge in [-0.05, 0) is 25.4 Å². The predicted molar refractivity (Wildman–Crippen MR) is 45.3 cm³/mol. The maximum Gasteiger partial charge on any atom is 0.00785 e. The Bertz CT molecular complexity index is 136. The molecule has 2 bridgehead atoms. The Labute approximate surface area is 67.7 Å². The molecular formula is C8H17N3. The summed E-state index contributed by atoms with van der Waals surface area (Å²) in [5, 5.41) is 6.92. The third-order valence-electron chi connectivity index (χ3n) is 3.02. The van der Waals surface area contributed by atoms with E-state index in [-0.39, 0.29) is 0 Å². The zero-order valence-electron chi connectivity index (χ0n) is 6.90. The van der Waals surface area contributed by atoms with Gasteiger partial charge in [-0.15, -0.1) is 0 Å². The lowest BCUT2D eigenvalue weighted by Crippen LogP contribution is -2.59. The van der Waals surface area contributed by atoms with Crippen LogP contribution in [0.1, 0.15) is 6.42 Å². The number of rotatable bonds is 1. The Morgan fingerprint density at radius 1 is 1.27 bits per heavy atom. The quantitative estimate of drug-likeness (QED) is 0.462. The molecule has 0 amide bonds.